The Balaban J connectivity index is 1.70. The molecule has 1 aliphatic heterocycles. The third-order valence-electron chi connectivity index (χ3n) is 8.54. The molecule has 0 saturated carbocycles. The van der Waals surface area contributed by atoms with E-state index in [4.69, 9.17) is 4.74 Å². The van der Waals surface area contributed by atoms with Crippen molar-refractivity contribution in [3.8, 4) is 5.69 Å². The zero-order valence-corrected chi connectivity index (χ0v) is 27.7. The molecule has 13 heteroatoms. The molecule has 2 aliphatic rings. The number of amides is 1. The predicted molar refractivity (Wildman–Crippen MR) is 181 cm³/mol. The molecule has 6 rings (SSSR count). The summed E-state index contributed by atoms with van der Waals surface area (Å²) in [6.07, 6.45) is 4.78. The van der Waals surface area contributed by atoms with Crippen LogP contribution in [0, 0.1) is 16.3 Å². The number of β-amino-alcohol motifs (C(OH)–C–C–N with tert-alkyl or cyclic N) is 1. The first-order chi connectivity index (χ1) is 21.8. The number of rotatable bonds is 6. The topological polar surface area (TPSA) is 128 Å². The molecule has 2 unspecified atom stereocenters. The van der Waals surface area contributed by atoms with Gasteiger partial charge in [0.15, 0.2) is 0 Å². The molecule has 1 saturated heterocycles. The Bertz CT molecular complexity index is 2180. The quantitative estimate of drug-likeness (QED) is 0.289. The summed E-state index contributed by atoms with van der Waals surface area (Å²) in [5.74, 6) is -0.500. The molecule has 2 atom stereocenters. The number of carbonyl (C=O) groups is 1. The summed E-state index contributed by atoms with van der Waals surface area (Å²) in [4.78, 5) is 57.8. The van der Waals surface area contributed by atoms with E-state index in [1.165, 1.54) is 53.3 Å². The first-order valence-corrected chi connectivity index (χ1v) is 15.6. The van der Waals surface area contributed by atoms with Crippen molar-refractivity contribution < 1.29 is 19.0 Å². The van der Waals surface area contributed by atoms with Crippen LogP contribution in [-0.2, 0) is 17.3 Å². The SMILES string of the molecule is COC1=CC(C)(n2c(=O)c3c(Nc4ccc(I)cc4F)n(C)c(=O)c(C)c3n(-c3cccc(C(=O)N4CCC(O)C4)c3)c2=O)C=C1. The molecule has 2 aromatic carbocycles. The molecule has 0 radical (unpaired) electrons. The second-order valence-corrected chi connectivity index (χ2v) is 12.9. The Hall–Kier alpha value is -4.50. The highest BCUT2D eigenvalue weighted by molar-refractivity contribution is 14.1. The van der Waals surface area contributed by atoms with E-state index in [9.17, 15) is 24.3 Å². The second-order valence-electron chi connectivity index (χ2n) is 11.6. The number of hydrogen-bond donors (Lipinski definition) is 2. The van der Waals surface area contributed by atoms with E-state index in [1.54, 1.807) is 49.4 Å². The number of hydrogen-bond acceptors (Lipinski definition) is 7. The summed E-state index contributed by atoms with van der Waals surface area (Å²) < 4.78 is 24.7. The predicted octanol–water partition coefficient (Wildman–Crippen LogP) is 3.67. The third-order valence-corrected chi connectivity index (χ3v) is 9.21. The number of methoxy groups -OCH3 is 1. The minimum Gasteiger partial charge on any atom is -0.497 e. The molecule has 11 nitrogen and oxygen atoms in total. The van der Waals surface area contributed by atoms with Crippen molar-refractivity contribution in [2.75, 3.05) is 25.5 Å². The summed E-state index contributed by atoms with van der Waals surface area (Å²) in [6, 6.07) is 10.8. The number of ether oxygens (including phenoxy) is 1. The maximum absolute atomic E-state index is 15.1. The van der Waals surface area contributed by atoms with Gasteiger partial charge in [0.1, 0.15) is 22.8 Å². The highest BCUT2D eigenvalue weighted by Gasteiger charge is 2.34. The number of nitrogens with one attached hydrogen (secondary N) is 1. The molecule has 2 aromatic heterocycles. The van der Waals surface area contributed by atoms with E-state index in [0.717, 1.165) is 4.57 Å². The van der Waals surface area contributed by atoms with Gasteiger partial charge in [-0.05, 0) is 91.4 Å². The number of likely N-dealkylation sites (tertiary alicyclic amines) is 1. The van der Waals surface area contributed by atoms with Crippen LogP contribution in [0.5, 0.6) is 0 Å². The number of benzene rings is 2. The maximum Gasteiger partial charge on any atom is 0.337 e. The van der Waals surface area contributed by atoms with Crippen molar-refractivity contribution in [3.63, 3.8) is 0 Å². The molecule has 1 fully saturated rings. The summed E-state index contributed by atoms with van der Waals surface area (Å²) >= 11 is 1.98. The van der Waals surface area contributed by atoms with Gasteiger partial charge in [-0.25, -0.2) is 13.8 Å². The normalized spacial score (nSPS) is 19.2. The largest absolute Gasteiger partial charge is 0.497 e. The van der Waals surface area contributed by atoms with Gasteiger partial charge >= 0.3 is 5.69 Å². The van der Waals surface area contributed by atoms with Crippen molar-refractivity contribution in [2.24, 2.45) is 7.05 Å². The highest BCUT2D eigenvalue weighted by Crippen LogP contribution is 2.31. The number of aryl methyl sites for hydroxylation is 1. The average molecular weight is 740 g/mol. The van der Waals surface area contributed by atoms with Crippen molar-refractivity contribution in [2.45, 2.75) is 31.9 Å². The summed E-state index contributed by atoms with van der Waals surface area (Å²) in [6.45, 7) is 3.76. The Morgan fingerprint density at radius 2 is 1.91 bits per heavy atom. The van der Waals surface area contributed by atoms with Gasteiger partial charge in [0, 0.05) is 34.8 Å². The fraction of sp³-hybridized carbons (Fsp3) is 0.273. The lowest BCUT2D eigenvalue weighted by atomic mass is 10.0. The number of carbonyl (C=O) groups excluding carboxylic acids is 1. The number of aromatic nitrogens is 3. The molecular formula is C33H31FIN5O6. The van der Waals surface area contributed by atoms with Crippen molar-refractivity contribution in [3.05, 3.63) is 118 Å². The van der Waals surface area contributed by atoms with E-state index < -0.39 is 34.3 Å². The van der Waals surface area contributed by atoms with Crippen molar-refractivity contribution in [1.29, 1.82) is 0 Å². The van der Waals surface area contributed by atoms with E-state index in [1.807, 2.05) is 22.6 Å². The minimum atomic E-state index is -1.28. The fourth-order valence-corrected chi connectivity index (χ4v) is 6.57. The Morgan fingerprint density at radius 3 is 2.57 bits per heavy atom. The second kappa shape index (κ2) is 11.7. The van der Waals surface area contributed by atoms with Crippen molar-refractivity contribution >= 4 is 50.9 Å². The fourth-order valence-electron chi connectivity index (χ4n) is 6.12. The minimum absolute atomic E-state index is 0.0157. The van der Waals surface area contributed by atoms with Gasteiger partial charge in [0.05, 0.1) is 35.6 Å². The molecule has 1 amide bonds. The Labute approximate surface area is 276 Å². The number of halogens is 2. The van der Waals surface area contributed by atoms with Crippen LogP contribution in [0.1, 0.15) is 29.3 Å². The molecule has 0 spiro atoms. The lowest BCUT2D eigenvalue weighted by molar-refractivity contribution is 0.0765. The van der Waals surface area contributed by atoms with Crippen LogP contribution in [0.3, 0.4) is 0 Å². The van der Waals surface area contributed by atoms with Crippen LogP contribution in [0.4, 0.5) is 15.9 Å². The van der Waals surface area contributed by atoms with Crippen LogP contribution >= 0.6 is 22.6 Å². The summed E-state index contributed by atoms with van der Waals surface area (Å²) in [5.41, 5.74) is -2.63. The molecule has 2 N–H and O–H groups in total. The number of fused-ring (bicyclic) bond motifs is 1. The number of aliphatic hydroxyl groups excluding tert-OH is 1. The van der Waals surface area contributed by atoms with Gasteiger partial charge in [-0.1, -0.05) is 12.1 Å². The molecule has 3 heterocycles. The first kappa shape index (κ1) is 31.5. The van der Waals surface area contributed by atoms with E-state index in [0.29, 0.717) is 22.3 Å². The van der Waals surface area contributed by atoms with E-state index in [-0.39, 0.29) is 51.7 Å². The molecule has 238 valence electrons. The van der Waals surface area contributed by atoms with Gasteiger partial charge in [0.25, 0.3) is 17.0 Å². The van der Waals surface area contributed by atoms with Gasteiger partial charge in [-0.2, -0.15) is 0 Å². The highest BCUT2D eigenvalue weighted by atomic mass is 127. The summed E-state index contributed by atoms with van der Waals surface area (Å²) in [5, 5.41) is 12.9. The molecule has 4 aromatic rings. The lowest BCUT2D eigenvalue weighted by Gasteiger charge is -2.26. The Morgan fingerprint density at radius 1 is 1.15 bits per heavy atom. The zero-order valence-electron chi connectivity index (χ0n) is 25.5. The van der Waals surface area contributed by atoms with E-state index >= 15 is 4.39 Å². The van der Waals surface area contributed by atoms with Crippen LogP contribution in [0.2, 0.25) is 0 Å². The van der Waals surface area contributed by atoms with Crippen LogP contribution in [0.25, 0.3) is 16.6 Å². The molecular weight excluding hydrogens is 708 g/mol. The van der Waals surface area contributed by atoms with Crippen LogP contribution in [0.15, 0.2) is 80.8 Å². The number of aliphatic hydroxyl groups is 1. The van der Waals surface area contributed by atoms with Gasteiger partial charge in [-0.15, -0.1) is 0 Å². The first-order valence-electron chi connectivity index (χ1n) is 14.5. The molecule has 1 aliphatic carbocycles. The van der Waals surface area contributed by atoms with Gasteiger partial charge < -0.3 is 20.1 Å². The number of nitrogens with zero attached hydrogens (tertiary/aromatic N) is 4. The van der Waals surface area contributed by atoms with Gasteiger partial charge in [0.2, 0.25) is 0 Å². The number of anilines is 2. The average Bonchev–Trinajstić information content (AvgIpc) is 3.64. The standard InChI is InChI=1S/C33H31FIN5O6/c1-18-27-26(28(37(3)29(18)42)36-25-9-8-20(35)15-24(25)34)31(44)40(33(2)12-10-23(16-33)46-4)32(45)39(27)21-7-5-6-19(14-21)30(43)38-13-11-22(41)17-38/h5-10,12,14-16,22,36,41H,11,13,17H2,1-4H3. The lowest BCUT2D eigenvalue weighted by Crippen LogP contribution is -2.49. The third kappa shape index (κ3) is 5.16. The van der Waals surface area contributed by atoms with Crippen molar-refractivity contribution in [1.82, 2.24) is 18.6 Å². The molecule has 46 heavy (non-hydrogen) atoms. The Kier molecular flexibility index (Phi) is 8.01. The van der Waals surface area contributed by atoms with Gasteiger partial charge in [-0.3, -0.25) is 23.5 Å². The monoisotopic (exact) mass is 739 g/mol. The number of pyridine rings is 1. The molecule has 0 bridgehead atoms. The summed E-state index contributed by atoms with van der Waals surface area (Å²) in [7, 11) is 2.94. The van der Waals surface area contributed by atoms with Crippen LogP contribution in [-0.4, -0.2) is 55.9 Å². The van der Waals surface area contributed by atoms with E-state index in [2.05, 4.69) is 5.32 Å². The smallest absolute Gasteiger partial charge is 0.337 e. The van der Waals surface area contributed by atoms with Crippen LogP contribution < -0.4 is 22.1 Å². The zero-order chi connectivity index (χ0) is 33.1. The maximum atomic E-state index is 15.1. The number of allylic oxidation sites excluding steroid dienone is 3.